The Bertz CT molecular complexity index is 587. The maximum absolute atomic E-state index is 13.7. The summed E-state index contributed by atoms with van der Waals surface area (Å²) in [6.45, 7) is 3.57. The second-order valence-corrected chi connectivity index (χ2v) is 7.28. The molecule has 0 spiro atoms. The van der Waals surface area contributed by atoms with Gasteiger partial charge < -0.3 is 15.8 Å². The van der Waals surface area contributed by atoms with Crippen molar-refractivity contribution in [1.82, 2.24) is 10.2 Å². The van der Waals surface area contributed by atoms with E-state index in [1.54, 1.807) is 12.1 Å². The zero-order chi connectivity index (χ0) is 18.2. The fourth-order valence-corrected chi connectivity index (χ4v) is 3.90. The maximum Gasteiger partial charge on any atom is 0.188 e. The molecule has 1 aromatic rings. The van der Waals surface area contributed by atoms with E-state index in [2.05, 4.69) is 15.2 Å². The van der Waals surface area contributed by atoms with Gasteiger partial charge in [-0.05, 0) is 30.5 Å². The summed E-state index contributed by atoms with van der Waals surface area (Å²) >= 11 is 0. The molecule has 1 saturated heterocycles. The summed E-state index contributed by atoms with van der Waals surface area (Å²) in [6.07, 6.45) is 7.46. The highest BCUT2D eigenvalue weighted by Gasteiger charge is 2.23. The lowest BCUT2D eigenvalue weighted by molar-refractivity contribution is 0.0179. The van der Waals surface area contributed by atoms with Crippen molar-refractivity contribution in [1.29, 1.82) is 0 Å². The van der Waals surface area contributed by atoms with Gasteiger partial charge in [0.1, 0.15) is 5.82 Å². The molecule has 0 radical (unpaired) electrons. The number of nitrogens with zero attached hydrogens (tertiary/aromatic N) is 2. The van der Waals surface area contributed by atoms with E-state index in [-0.39, 0.29) is 35.8 Å². The Kier molecular flexibility index (Phi) is 9.78. The first kappa shape index (κ1) is 22.4. The number of rotatable bonds is 5. The van der Waals surface area contributed by atoms with Crippen LogP contribution in [-0.4, -0.2) is 49.7 Å². The molecule has 0 amide bonds. The van der Waals surface area contributed by atoms with Crippen molar-refractivity contribution in [3.8, 4) is 0 Å². The van der Waals surface area contributed by atoms with E-state index in [1.165, 1.54) is 31.7 Å². The molecule has 1 atom stereocenters. The Labute approximate surface area is 178 Å². The predicted molar refractivity (Wildman–Crippen MR) is 118 cm³/mol. The van der Waals surface area contributed by atoms with Gasteiger partial charge in [-0.15, -0.1) is 24.0 Å². The van der Waals surface area contributed by atoms with Crippen LogP contribution in [0.3, 0.4) is 0 Å². The Morgan fingerprint density at radius 1 is 1.22 bits per heavy atom. The smallest absolute Gasteiger partial charge is 0.188 e. The number of guanidine groups is 1. The number of ether oxygens (including phenoxy) is 1. The van der Waals surface area contributed by atoms with Crippen LogP contribution < -0.4 is 11.1 Å². The van der Waals surface area contributed by atoms with Gasteiger partial charge in [0, 0.05) is 19.1 Å². The van der Waals surface area contributed by atoms with Crippen LogP contribution in [0.1, 0.15) is 50.1 Å². The van der Waals surface area contributed by atoms with Crippen LogP contribution >= 0.6 is 24.0 Å². The van der Waals surface area contributed by atoms with Gasteiger partial charge in [0.15, 0.2) is 5.96 Å². The van der Waals surface area contributed by atoms with E-state index in [0.717, 1.165) is 31.5 Å². The highest BCUT2D eigenvalue weighted by molar-refractivity contribution is 14.0. The maximum atomic E-state index is 13.7. The van der Waals surface area contributed by atoms with Gasteiger partial charge in [-0.2, -0.15) is 0 Å². The summed E-state index contributed by atoms with van der Waals surface area (Å²) in [6, 6.07) is 7.25. The van der Waals surface area contributed by atoms with Gasteiger partial charge in [-0.3, -0.25) is 9.89 Å². The van der Waals surface area contributed by atoms with Crippen molar-refractivity contribution in [3.05, 3.63) is 35.6 Å². The third-order valence-electron chi connectivity index (χ3n) is 5.36. The Hall–Kier alpha value is -0.930. The molecule has 1 unspecified atom stereocenters. The van der Waals surface area contributed by atoms with E-state index in [4.69, 9.17) is 10.5 Å². The van der Waals surface area contributed by atoms with Crippen molar-refractivity contribution >= 4 is 29.9 Å². The standard InChI is InChI=1S/C20H31FN4O.HI/c21-17-7-5-6-16(14-17)19(25-10-12-26-13-11-25)15-23-20(22)24-18-8-3-1-2-4-9-18;/h5-7,14,18-19H,1-4,8-13,15H2,(H3,22,23,24);1H. The van der Waals surface area contributed by atoms with E-state index in [9.17, 15) is 4.39 Å². The molecule has 7 heteroatoms. The quantitative estimate of drug-likeness (QED) is 0.287. The molecule has 3 rings (SSSR count). The average molecular weight is 490 g/mol. The van der Waals surface area contributed by atoms with Crippen LogP contribution in [0, 0.1) is 5.82 Å². The highest BCUT2D eigenvalue weighted by Crippen LogP contribution is 2.23. The van der Waals surface area contributed by atoms with Crippen LogP contribution in [-0.2, 0) is 4.74 Å². The lowest BCUT2D eigenvalue weighted by Crippen LogP contribution is -2.42. The molecule has 1 aromatic carbocycles. The van der Waals surface area contributed by atoms with Crippen molar-refractivity contribution < 1.29 is 9.13 Å². The summed E-state index contributed by atoms with van der Waals surface area (Å²) in [4.78, 5) is 6.92. The first-order valence-electron chi connectivity index (χ1n) is 9.86. The lowest BCUT2D eigenvalue weighted by atomic mass is 10.0. The van der Waals surface area contributed by atoms with Crippen LogP contribution in [0.4, 0.5) is 4.39 Å². The Balaban J connectivity index is 0.00000261. The number of hydrogen-bond acceptors (Lipinski definition) is 3. The molecule has 1 aliphatic heterocycles. The van der Waals surface area contributed by atoms with Gasteiger partial charge in [0.05, 0.1) is 25.8 Å². The summed E-state index contributed by atoms with van der Waals surface area (Å²) < 4.78 is 19.2. The predicted octanol–water partition coefficient (Wildman–Crippen LogP) is 3.44. The molecule has 5 nitrogen and oxygen atoms in total. The number of nitrogens with two attached hydrogens (primary N) is 1. The lowest BCUT2D eigenvalue weighted by Gasteiger charge is -2.34. The van der Waals surface area contributed by atoms with Crippen molar-refractivity contribution in [2.75, 3.05) is 32.8 Å². The minimum Gasteiger partial charge on any atom is -0.379 e. The van der Waals surface area contributed by atoms with Crippen LogP contribution in [0.5, 0.6) is 0 Å². The number of morpholine rings is 1. The number of aliphatic imine (C=N–C) groups is 1. The minimum absolute atomic E-state index is 0. The highest BCUT2D eigenvalue weighted by atomic mass is 127. The molecule has 1 aliphatic carbocycles. The first-order chi connectivity index (χ1) is 12.7. The normalized spacial score (nSPS) is 21.1. The Morgan fingerprint density at radius 3 is 2.59 bits per heavy atom. The number of hydrogen-bond donors (Lipinski definition) is 2. The number of benzene rings is 1. The molecule has 0 aromatic heterocycles. The molecule has 2 aliphatic rings. The van der Waals surface area contributed by atoms with Gasteiger partial charge in [-0.25, -0.2) is 4.39 Å². The minimum atomic E-state index is -0.214. The largest absolute Gasteiger partial charge is 0.379 e. The van der Waals surface area contributed by atoms with E-state index >= 15 is 0 Å². The average Bonchev–Trinajstić information content (AvgIpc) is 2.91. The number of halogens is 2. The SMILES string of the molecule is I.NC(=NCC(c1cccc(F)c1)N1CCOCC1)NC1CCCCCC1. The summed E-state index contributed by atoms with van der Waals surface area (Å²) in [5.41, 5.74) is 7.11. The molecule has 3 N–H and O–H groups in total. The monoisotopic (exact) mass is 490 g/mol. The molecule has 2 fully saturated rings. The Morgan fingerprint density at radius 2 is 1.93 bits per heavy atom. The zero-order valence-corrected chi connectivity index (χ0v) is 18.2. The van der Waals surface area contributed by atoms with Crippen molar-refractivity contribution in [2.45, 2.75) is 50.6 Å². The molecular weight excluding hydrogens is 458 g/mol. The van der Waals surface area contributed by atoms with Crippen LogP contribution in [0.15, 0.2) is 29.3 Å². The molecule has 1 saturated carbocycles. The third-order valence-corrected chi connectivity index (χ3v) is 5.36. The van der Waals surface area contributed by atoms with Gasteiger partial charge >= 0.3 is 0 Å². The van der Waals surface area contributed by atoms with Crippen LogP contribution in [0.25, 0.3) is 0 Å². The second-order valence-electron chi connectivity index (χ2n) is 7.28. The molecule has 152 valence electrons. The van der Waals surface area contributed by atoms with E-state index < -0.39 is 0 Å². The molecular formula is C20H32FIN4O. The summed E-state index contributed by atoms with van der Waals surface area (Å²) in [5, 5.41) is 3.39. The van der Waals surface area contributed by atoms with Crippen LogP contribution in [0.2, 0.25) is 0 Å². The zero-order valence-electron chi connectivity index (χ0n) is 15.9. The summed E-state index contributed by atoms with van der Waals surface area (Å²) in [7, 11) is 0. The fraction of sp³-hybridized carbons (Fsp3) is 0.650. The molecule has 1 heterocycles. The van der Waals surface area contributed by atoms with E-state index in [1.807, 2.05) is 6.07 Å². The van der Waals surface area contributed by atoms with Gasteiger partial charge in [0.2, 0.25) is 0 Å². The molecule has 0 bridgehead atoms. The molecule has 27 heavy (non-hydrogen) atoms. The fourth-order valence-electron chi connectivity index (χ4n) is 3.90. The van der Waals surface area contributed by atoms with Gasteiger partial charge in [0.25, 0.3) is 0 Å². The first-order valence-corrected chi connectivity index (χ1v) is 9.86. The topological polar surface area (TPSA) is 62.9 Å². The van der Waals surface area contributed by atoms with Gasteiger partial charge in [-0.1, -0.05) is 37.8 Å². The second kappa shape index (κ2) is 11.8. The van der Waals surface area contributed by atoms with Crippen molar-refractivity contribution in [3.63, 3.8) is 0 Å². The van der Waals surface area contributed by atoms with Crippen molar-refractivity contribution in [2.24, 2.45) is 10.7 Å². The summed E-state index contributed by atoms with van der Waals surface area (Å²) in [5.74, 6) is 0.292. The third kappa shape index (κ3) is 7.19. The number of nitrogens with one attached hydrogen (secondary N) is 1. The van der Waals surface area contributed by atoms with E-state index in [0.29, 0.717) is 31.8 Å².